The Balaban J connectivity index is 2.26. The number of fused-ring (bicyclic) bond motifs is 1. The number of halogens is 1. The summed E-state index contributed by atoms with van der Waals surface area (Å²) in [6, 6.07) is 6.42. The summed E-state index contributed by atoms with van der Waals surface area (Å²) in [4.78, 5) is 4.49. The van der Waals surface area contributed by atoms with E-state index in [0.717, 1.165) is 11.2 Å². The van der Waals surface area contributed by atoms with Crippen LogP contribution in [-0.2, 0) is 0 Å². The lowest BCUT2D eigenvalue weighted by atomic mass is 10.1. The highest BCUT2D eigenvalue weighted by atomic mass is 19.1. The van der Waals surface area contributed by atoms with Crippen molar-refractivity contribution in [2.75, 3.05) is 5.73 Å². The van der Waals surface area contributed by atoms with Gasteiger partial charge in [-0.1, -0.05) is 0 Å². The number of nitrogen functional groups attached to an aromatic ring is 1. The predicted octanol–water partition coefficient (Wildman–Crippen LogP) is 2.83. The van der Waals surface area contributed by atoms with Gasteiger partial charge in [0.2, 0.25) is 0 Å². The van der Waals surface area contributed by atoms with Crippen molar-refractivity contribution in [2.24, 2.45) is 0 Å². The number of anilines is 1. The number of pyridine rings is 1. The fraction of sp³-hybridized carbons (Fsp3) is 0.250. The van der Waals surface area contributed by atoms with Crippen LogP contribution in [0.1, 0.15) is 24.5 Å². The Morgan fingerprint density at radius 1 is 1.27 bits per heavy atom. The summed E-state index contributed by atoms with van der Waals surface area (Å²) in [5, 5.41) is 0.708. The molecule has 0 aliphatic heterocycles. The van der Waals surface area contributed by atoms with Crippen molar-refractivity contribution < 1.29 is 4.39 Å². The minimum atomic E-state index is -0.268. The Labute approximate surface area is 86.9 Å². The summed E-state index contributed by atoms with van der Waals surface area (Å²) in [6.45, 7) is 0. The van der Waals surface area contributed by atoms with E-state index >= 15 is 0 Å². The van der Waals surface area contributed by atoms with Gasteiger partial charge in [0, 0.05) is 22.7 Å². The maximum absolute atomic E-state index is 13.0. The standard InChI is InChI=1S/C12H11FN2/c13-8-3-4-11-9(5-8)10(14)6-12(15-11)7-1-2-7/h3-7H,1-2H2,(H2,14,15). The molecule has 2 aromatic rings. The molecule has 2 nitrogen and oxygen atoms in total. The number of aromatic nitrogens is 1. The van der Waals surface area contributed by atoms with Gasteiger partial charge < -0.3 is 5.73 Å². The zero-order chi connectivity index (χ0) is 10.4. The lowest BCUT2D eigenvalue weighted by Gasteiger charge is -2.05. The van der Waals surface area contributed by atoms with Gasteiger partial charge >= 0.3 is 0 Å². The molecule has 3 rings (SSSR count). The van der Waals surface area contributed by atoms with E-state index in [-0.39, 0.29) is 5.82 Å². The van der Waals surface area contributed by atoms with E-state index in [1.165, 1.54) is 25.0 Å². The van der Waals surface area contributed by atoms with Crippen LogP contribution in [0.2, 0.25) is 0 Å². The first kappa shape index (κ1) is 8.65. The Morgan fingerprint density at radius 2 is 2.07 bits per heavy atom. The highest BCUT2D eigenvalue weighted by molar-refractivity contribution is 5.90. The average Bonchev–Trinajstić information content (AvgIpc) is 3.02. The number of nitrogens with two attached hydrogens (primary N) is 1. The first-order chi connectivity index (χ1) is 7.24. The summed E-state index contributed by atoms with van der Waals surface area (Å²) in [5.74, 6) is 0.303. The van der Waals surface area contributed by atoms with E-state index in [2.05, 4.69) is 4.98 Å². The predicted molar refractivity (Wildman–Crippen MR) is 58.1 cm³/mol. The van der Waals surface area contributed by atoms with E-state index < -0.39 is 0 Å². The van der Waals surface area contributed by atoms with Gasteiger partial charge in [0.25, 0.3) is 0 Å². The second-order valence-corrected chi connectivity index (χ2v) is 4.07. The van der Waals surface area contributed by atoms with Crippen molar-refractivity contribution >= 4 is 16.6 Å². The molecule has 0 radical (unpaired) electrons. The second kappa shape index (κ2) is 2.92. The minimum absolute atomic E-state index is 0.268. The SMILES string of the molecule is Nc1cc(C2CC2)nc2ccc(F)cc12. The summed E-state index contributed by atoms with van der Waals surface area (Å²) >= 11 is 0. The highest BCUT2D eigenvalue weighted by Crippen LogP contribution is 2.40. The molecule has 1 aromatic carbocycles. The molecule has 0 amide bonds. The third-order valence-electron chi connectivity index (χ3n) is 2.82. The van der Waals surface area contributed by atoms with Gasteiger partial charge in [-0.05, 0) is 37.1 Å². The van der Waals surface area contributed by atoms with E-state index in [4.69, 9.17) is 5.73 Å². The van der Waals surface area contributed by atoms with Crippen LogP contribution in [0.5, 0.6) is 0 Å². The molecular formula is C12H11FN2. The molecular weight excluding hydrogens is 191 g/mol. The molecule has 0 spiro atoms. The highest BCUT2D eigenvalue weighted by Gasteiger charge is 2.25. The van der Waals surface area contributed by atoms with Gasteiger partial charge in [-0.25, -0.2) is 4.39 Å². The monoisotopic (exact) mass is 202 g/mol. The van der Waals surface area contributed by atoms with Crippen LogP contribution in [0.15, 0.2) is 24.3 Å². The Hall–Kier alpha value is -1.64. The van der Waals surface area contributed by atoms with Crippen LogP contribution in [-0.4, -0.2) is 4.98 Å². The van der Waals surface area contributed by atoms with Crippen molar-refractivity contribution in [3.8, 4) is 0 Å². The maximum atomic E-state index is 13.0. The van der Waals surface area contributed by atoms with Gasteiger partial charge in [-0.2, -0.15) is 0 Å². The molecule has 1 fully saturated rings. The molecule has 1 saturated carbocycles. The zero-order valence-electron chi connectivity index (χ0n) is 8.20. The van der Waals surface area contributed by atoms with Crippen LogP contribution in [0.25, 0.3) is 10.9 Å². The third kappa shape index (κ3) is 1.44. The molecule has 15 heavy (non-hydrogen) atoms. The van der Waals surface area contributed by atoms with Crippen molar-refractivity contribution in [3.05, 3.63) is 35.8 Å². The first-order valence-corrected chi connectivity index (χ1v) is 5.10. The maximum Gasteiger partial charge on any atom is 0.124 e. The summed E-state index contributed by atoms with van der Waals surface area (Å²) in [5.41, 5.74) is 8.35. The smallest absolute Gasteiger partial charge is 0.124 e. The fourth-order valence-corrected chi connectivity index (χ4v) is 1.83. The quantitative estimate of drug-likeness (QED) is 0.772. The van der Waals surface area contributed by atoms with Crippen LogP contribution < -0.4 is 5.73 Å². The Bertz CT molecular complexity index is 532. The topological polar surface area (TPSA) is 38.9 Å². The zero-order valence-corrected chi connectivity index (χ0v) is 8.20. The molecule has 3 heteroatoms. The molecule has 1 heterocycles. The second-order valence-electron chi connectivity index (χ2n) is 4.07. The van der Waals surface area contributed by atoms with Crippen molar-refractivity contribution in [1.29, 1.82) is 0 Å². The summed E-state index contributed by atoms with van der Waals surface area (Å²) in [7, 11) is 0. The van der Waals surface area contributed by atoms with E-state index in [1.807, 2.05) is 6.07 Å². The fourth-order valence-electron chi connectivity index (χ4n) is 1.83. The average molecular weight is 202 g/mol. The molecule has 0 bridgehead atoms. The van der Waals surface area contributed by atoms with Crippen LogP contribution in [0.4, 0.5) is 10.1 Å². The van der Waals surface area contributed by atoms with Gasteiger partial charge in [0.15, 0.2) is 0 Å². The normalized spacial score (nSPS) is 15.8. The molecule has 76 valence electrons. The van der Waals surface area contributed by atoms with Crippen molar-refractivity contribution in [1.82, 2.24) is 4.98 Å². The van der Waals surface area contributed by atoms with Gasteiger partial charge in [0.1, 0.15) is 5.82 Å². The van der Waals surface area contributed by atoms with E-state index in [1.54, 1.807) is 6.07 Å². The Morgan fingerprint density at radius 3 is 2.80 bits per heavy atom. The lowest BCUT2D eigenvalue weighted by molar-refractivity contribution is 0.629. The third-order valence-corrected chi connectivity index (χ3v) is 2.82. The van der Waals surface area contributed by atoms with Gasteiger partial charge in [-0.15, -0.1) is 0 Å². The van der Waals surface area contributed by atoms with Crippen molar-refractivity contribution in [2.45, 2.75) is 18.8 Å². The van der Waals surface area contributed by atoms with Crippen LogP contribution in [0, 0.1) is 5.82 Å². The van der Waals surface area contributed by atoms with E-state index in [9.17, 15) is 4.39 Å². The molecule has 1 aliphatic rings. The van der Waals surface area contributed by atoms with Crippen molar-refractivity contribution in [3.63, 3.8) is 0 Å². The number of nitrogens with zero attached hydrogens (tertiary/aromatic N) is 1. The van der Waals surface area contributed by atoms with Crippen LogP contribution in [0.3, 0.4) is 0 Å². The molecule has 0 unspecified atom stereocenters. The van der Waals surface area contributed by atoms with Gasteiger partial charge in [-0.3, -0.25) is 4.98 Å². The number of benzene rings is 1. The minimum Gasteiger partial charge on any atom is -0.398 e. The number of hydrogen-bond donors (Lipinski definition) is 1. The molecule has 0 atom stereocenters. The molecule has 1 aromatic heterocycles. The Kier molecular flexibility index (Phi) is 1.69. The molecule has 2 N–H and O–H groups in total. The largest absolute Gasteiger partial charge is 0.398 e. The van der Waals surface area contributed by atoms with Gasteiger partial charge in [0.05, 0.1) is 5.52 Å². The number of rotatable bonds is 1. The van der Waals surface area contributed by atoms with Crippen LogP contribution >= 0.6 is 0 Å². The number of hydrogen-bond acceptors (Lipinski definition) is 2. The molecule has 0 saturated heterocycles. The lowest BCUT2D eigenvalue weighted by Crippen LogP contribution is -1.94. The van der Waals surface area contributed by atoms with E-state index in [0.29, 0.717) is 17.0 Å². The first-order valence-electron chi connectivity index (χ1n) is 5.10. The summed E-state index contributed by atoms with van der Waals surface area (Å²) in [6.07, 6.45) is 2.39. The summed E-state index contributed by atoms with van der Waals surface area (Å²) < 4.78 is 13.0. The molecule has 1 aliphatic carbocycles.